The van der Waals surface area contributed by atoms with Crippen molar-refractivity contribution >= 4 is 18.4 Å². The Morgan fingerprint density at radius 3 is 2.71 bits per heavy atom. The summed E-state index contributed by atoms with van der Waals surface area (Å²) in [5.74, 6) is -0.537. The molecule has 2 aromatic heterocycles. The molecule has 24 heavy (non-hydrogen) atoms. The van der Waals surface area contributed by atoms with E-state index in [-0.39, 0.29) is 4.77 Å². The van der Waals surface area contributed by atoms with Gasteiger partial charge in [0.05, 0.1) is 18.1 Å². The van der Waals surface area contributed by atoms with Crippen LogP contribution >= 0.6 is 12.2 Å². The lowest BCUT2D eigenvalue weighted by molar-refractivity contribution is 0.136. The smallest absolute Gasteiger partial charge is 0.276 e. The highest BCUT2D eigenvalue weighted by molar-refractivity contribution is 7.71. The Bertz CT molecular complexity index is 907. The number of aromatic amines is 2. The molecule has 0 spiro atoms. The Kier molecular flexibility index (Phi) is 4.61. The van der Waals surface area contributed by atoms with Crippen LogP contribution in [-0.2, 0) is 6.42 Å². The molecule has 0 amide bonds. The molecule has 6 nitrogen and oxygen atoms in total. The Morgan fingerprint density at radius 1 is 1.29 bits per heavy atom. The highest BCUT2D eigenvalue weighted by Crippen LogP contribution is 2.22. The van der Waals surface area contributed by atoms with Crippen LogP contribution in [0.15, 0.2) is 35.6 Å². The van der Waals surface area contributed by atoms with Crippen LogP contribution in [0.4, 0.5) is 8.78 Å². The third-order valence-corrected chi connectivity index (χ3v) is 3.78. The van der Waals surface area contributed by atoms with Crippen LogP contribution in [0.3, 0.4) is 0 Å². The van der Waals surface area contributed by atoms with E-state index in [4.69, 9.17) is 12.2 Å². The van der Waals surface area contributed by atoms with Crippen molar-refractivity contribution in [1.82, 2.24) is 25.1 Å². The van der Waals surface area contributed by atoms with Gasteiger partial charge in [0.1, 0.15) is 0 Å². The third kappa shape index (κ3) is 3.16. The Labute approximate surface area is 141 Å². The average molecular weight is 348 g/mol. The van der Waals surface area contributed by atoms with Crippen LogP contribution < -0.4 is 0 Å². The summed E-state index contributed by atoms with van der Waals surface area (Å²) < 4.78 is 26.6. The summed E-state index contributed by atoms with van der Waals surface area (Å²) in [6.45, 7) is 2.08. The van der Waals surface area contributed by atoms with E-state index in [9.17, 15) is 8.78 Å². The van der Waals surface area contributed by atoms with E-state index in [1.54, 1.807) is 6.20 Å². The van der Waals surface area contributed by atoms with E-state index in [2.05, 4.69) is 32.4 Å². The van der Waals surface area contributed by atoms with Gasteiger partial charge in [0.15, 0.2) is 0 Å². The third-order valence-electron chi connectivity index (χ3n) is 3.51. The molecule has 3 rings (SSSR count). The summed E-state index contributed by atoms with van der Waals surface area (Å²) in [7, 11) is 0. The van der Waals surface area contributed by atoms with Gasteiger partial charge < -0.3 is 0 Å². The lowest BCUT2D eigenvalue weighted by Gasteiger charge is -2.02. The highest BCUT2D eigenvalue weighted by Gasteiger charge is 2.16. The number of aromatic nitrogens is 5. The van der Waals surface area contributed by atoms with Gasteiger partial charge in [-0.05, 0) is 29.8 Å². The van der Waals surface area contributed by atoms with Crippen LogP contribution in [0.1, 0.15) is 30.4 Å². The maximum absolute atomic E-state index is 12.9. The maximum atomic E-state index is 12.9. The number of benzene rings is 1. The predicted molar refractivity (Wildman–Crippen MR) is 88.8 cm³/mol. The van der Waals surface area contributed by atoms with E-state index in [1.807, 2.05) is 24.3 Å². The summed E-state index contributed by atoms with van der Waals surface area (Å²) in [5.41, 5.74) is 3.58. The molecule has 1 aromatic carbocycles. The Balaban J connectivity index is 1.94. The number of halogens is 2. The molecule has 2 N–H and O–H groups in total. The Hall–Kier alpha value is -2.68. The standard InChI is InChI=1S/C15H14F2N6S/c1-2-9-3-5-10(6-4-9)11-7-18-20-12(11)8-19-23-14(13(16)17)21-22-15(23)24/h3-8,13H,2H2,1H3,(H,18,20)(H,22,24). The summed E-state index contributed by atoms with van der Waals surface area (Å²) >= 11 is 4.91. The SMILES string of the molecule is CCc1ccc(-c2cn[nH]c2C=Nn2c(C(F)F)n[nH]c2=S)cc1. The molecule has 0 radical (unpaired) electrons. The number of H-pyrrole nitrogens is 2. The number of alkyl halides is 2. The number of aryl methyl sites for hydroxylation is 1. The lowest BCUT2D eigenvalue weighted by Crippen LogP contribution is -2.00. The van der Waals surface area contributed by atoms with Gasteiger partial charge in [0, 0.05) is 5.56 Å². The minimum absolute atomic E-state index is 0.00471. The molecule has 0 fully saturated rings. The number of hydrogen-bond acceptors (Lipinski definition) is 4. The summed E-state index contributed by atoms with van der Waals surface area (Å²) in [4.78, 5) is 0. The fourth-order valence-electron chi connectivity index (χ4n) is 2.22. The first-order valence-corrected chi connectivity index (χ1v) is 7.63. The Morgan fingerprint density at radius 2 is 2.04 bits per heavy atom. The second-order valence-electron chi connectivity index (χ2n) is 4.99. The maximum Gasteiger partial charge on any atom is 0.299 e. The molecule has 2 heterocycles. The van der Waals surface area contributed by atoms with Crippen molar-refractivity contribution in [2.75, 3.05) is 0 Å². The van der Waals surface area contributed by atoms with E-state index in [1.165, 1.54) is 11.8 Å². The van der Waals surface area contributed by atoms with Crippen molar-refractivity contribution in [2.24, 2.45) is 5.10 Å². The van der Waals surface area contributed by atoms with E-state index in [0.717, 1.165) is 22.2 Å². The van der Waals surface area contributed by atoms with Crippen LogP contribution in [0.25, 0.3) is 11.1 Å². The second-order valence-corrected chi connectivity index (χ2v) is 5.38. The van der Waals surface area contributed by atoms with Gasteiger partial charge in [-0.15, -0.1) is 0 Å². The lowest BCUT2D eigenvalue weighted by atomic mass is 10.0. The molecule has 0 atom stereocenters. The van der Waals surface area contributed by atoms with Crippen molar-refractivity contribution < 1.29 is 8.78 Å². The molecular weight excluding hydrogens is 334 g/mol. The van der Waals surface area contributed by atoms with Crippen molar-refractivity contribution in [3.63, 3.8) is 0 Å². The zero-order valence-electron chi connectivity index (χ0n) is 12.7. The minimum atomic E-state index is -2.78. The molecular formula is C15H14F2N6S. The molecule has 0 bridgehead atoms. The van der Waals surface area contributed by atoms with Crippen molar-refractivity contribution in [3.8, 4) is 11.1 Å². The summed E-state index contributed by atoms with van der Waals surface area (Å²) in [6, 6.07) is 8.03. The molecule has 0 aliphatic rings. The molecule has 0 saturated heterocycles. The molecule has 0 unspecified atom stereocenters. The van der Waals surface area contributed by atoms with Gasteiger partial charge in [0.2, 0.25) is 10.6 Å². The van der Waals surface area contributed by atoms with Gasteiger partial charge in [-0.2, -0.15) is 20.0 Å². The fourth-order valence-corrected chi connectivity index (χ4v) is 2.40. The molecule has 124 valence electrons. The molecule has 0 aliphatic carbocycles. The number of nitrogens with zero attached hydrogens (tertiary/aromatic N) is 4. The van der Waals surface area contributed by atoms with Gasteiger partial charge in [-0.3, -0.25) is 5.10 Å². The van der Waals surface area contributed by atoms with Crippen LogP contribution in [-0.4, -0.2) is 31.3 Å². The van der Waals surface area contributed by atoms with Crippen LogP contribution in [0.2, 0.25) is 0 Å². The first kappa shape index (κ1) is 16.2. The van der Waals surface area contributed by atoms with E-state index >= 15 is 0 Å². The predicted octanol–water partition coefficient (Wildman–Crippen LogP) is 3.71. The van der Waals surface area contributed by atoms with Gasteiger partial charge in [0.25, 0.3) is 6.43 Å². The fraction of sp³-hybridized carbons (Fsp3) is 0.200. The summed E-state index contributed by atoms with van der Waals surface area (Å²) in [6.07, 6.45) is 1.23. The minimum Gasteiger partial charge on any atom is -0.276 e. The largest absolute Gasteiger partial charge is 0.299 e. The zero-order chi connectivity index (χ0) is 17.1. The quantitative estimate of drug-likeness (QED) is 0.545. The number of hydrogen-bond donors (Lipinski definition) is 2. The molecule has 9 heteroatoms. The first-order chi connectivity index (χ1) is 11.6. The molecule has 0 aliphatic heterocycles. The normalized spacial score (nSPS) is 11.7. The zero-order valence-corrected chi connectivity index (χ0v) is 13.5. The van der Waals surface area contributed by atoms with Crippen molar-refractivity contribution in [1.29, 1.82) is 0 Å². The van der Waals surface area contributed by atoms with Crippen LogP contribution in [0.5, 0.6) is 0 Å². The number of rotatable bonds is 5. The summed E-state index contributed by atoms with van der Waals surface area (Å²) in [5, 5.41) is 16.6. The number of nitrogens with one attached hydrogen (secondary N) is 2. The van der Waals surface area contributed by atoms with E-state index < -0.39 is 12.2 Å². The topological polar surface area (TPSA) is 74.7 Å². The van der Waals surface area contributed by atoms with Gasteiger partial charge >= 0.3 is 0 Å². The average Bonchev–Trinajstić information content (AvgIpc) is 3.19. The van der Waals surface area contributed by atoms with Crippen LogP contribution in [0, 0.1) is 4.77 Å². The molecule has 0 saturated carbocycles. The second kappa shape index (κ2) is 6.83. The van der Waals surface area contributed by atoms with E-state index in [0.29, 0.717) is 5.69 Å². The monoisotopic (exact) mass is 348 g/mol. The highest BCUT2D eigenvalue weighted by atomic mass is 32.1. The molecule has 3 aromatic rings. The van der Waals surface area contributed by atoms with Gasteiger partial charge in [-0.25, -0.2) is 13.9 Å². The van der Waals surface area contributed by atoms with Crippen molar-refractivity contribution in [2.45, 2.75) is 19.8 Å². The van der Waals surface area contributed by atoms with Gasteiger partial charge in [-0.1, -0.05) is 31.2 Å². The van der Waals surface area contributed by atoms with Crippen molar-refractivity contribution in [3.05, 3.63) is 52.3 Å². The first-order valence-electron chi connectivity index (χ1n) is 7.22.